The van der Waals surface area contributed by atoms with Crippen molar-refractivity contribution in [3.8, 4) is 5.88 Å². The van der Waals surface area contributed by atoms with Gasteiger partial charge in [0, 0.05) is 30.3 Å². The summed E-state index contributed by atoms with van der Waals surface area (Å²) in [7, 11) is 0. The molecule has 1 atom stereocenters. The summed E-state index contributed by atoms with van der Waals surface area (Å²) in [5.74, 6) is -0.154. The number of ether oxygens (including phenoxy) is 1. The predicted octanol–water partition coefficient (Wildman–Crippen LogP) is 2.82. The second-order valence-corrected chi connectivity index (χ2v) is 6.20. The first kappa shape index (κ1) is 17.8. The second-order valence-electron chi connectivity index (χ2n) is 6.20. The SMILES string of the molecule is CC(C)Oc1ncccc1CNC(=O)C1CC(c2cccc(F)c2)=NO1. The van der Waals surface area contributed by atoms with E-state index in [0.717, 1.165) is 5.56 Å². The summed E-state index contributed by atoms with van der Waals surface area (Å²) in [5.41, 5.74) is 1.94. The number of amides is 1. The van der Waals surface area contributed by atoms with Crippen LogP contribution in [0.1, 0.15) is 31.4 Å². The van der Waals surface area contributed by atoms with E-state index in [9.17, 15) is 9.18 Å². The minimum absolute atomic E-state index is 0.0141. The summed E-state index contributed by atoms with van der Waals surface area (Å²) in [6.45, 7) is 4.09. The molecular weight excluding hydrogens is 337 g/mol. The lowest BCUT2D eigenvalue weighted by atomic mass is 10.0. The highest BCUT2D eigenvalue weighted by atomic mass is 19.1. The number of hydrogen-bond donors (Lipinski definition) is 1. The van der Waals surface area contributed by atoms with E-state index >= 15 is 0 Å². The van der Waals surface area contributed by atoms with E-state index in [1.54, 1.807) is 24.4 Å². The fourth-order valence-corrected chi connectivity index (χ4v) is 2.54. The first-order valence-corrected chi connectivity index (χ1v) is 8.40. The number of benzene rings is 1. The van der Waals surface area contributed by atoms with Crippen LogP contribution in [0.15, 0.2) is 47.8 Å². The maximum atomic E-state index is 13.3. The van der Waals surface area contributed by atoms with Gasteiger partial charge in [0.15, 0.2) is 0 Å². The van der Waals surface area contributed by atoms with Crippen LogP contribution in [0.25, 0.3) is 0 Å². The van der Waals surface area contributed by atoms with Crippen LogP contribution in [0.2, 0.25) is 0 Å². The topological polar surface area (TPSA) is 72.8 Å². The maximum absolute atomic E-state index is 13.3. The summed E-state index contributed by atoms with van der Waals surface area (Å²) in [4.78, 5) is 21.8. The number of halogens is 1. The Morgan fingerprint density at radius 3 is 3.00 bits per heavy atom. The second kappa shape index (κ2) is 7.95. The lowest BCUT2D eigenvalue weighted by Crippen LogP contribution is -2.34. The molecule has 1 amide bonds. The number of carbonyl (C=O) groups is 1. The van der Waals surface area contributed by atoms with Crippen LogP contribution in [-0.4, -0.2) is 28.8 Å². The molecule has 1 aliphatic rings. The number of rotatable bonds is 6. The molecule has 0 radical (unpaired) electrons. The molecule has 1 aliphatic heterocycles. The number of carbonyl (C=O) groups excluding carboxylic acids is 1. The molecule has 7 heteroatoms. The average molecular weight is 357 g/mol. The van der Waals surface area contributed by atoms with Crippen molar-refractivity contribution in [2.45, 2.75) is 39.0 Å². The number of hydrogen-bond acceptors (Lipinski definition) is 5. The zero-order valence-corrected chi connectivity index (χ0v) is 14.6. The monoisotopic (exact) mass is 357 g/mol. The largest absolute Gasteiger partial charge is 0.475 e. The van der Waals surface area contributed by atoms with Gasteiger partial charge in [-0.05, 0) is 32.0 Å². The van der Waals surface area contributed by atoms with Crippen molar-refractivity contribution in [1.82, 2.24) is 10.3 Å². The van der Waals surface area contributed by atoms with Crippen molar-refractivity contribution < 1.29 is 18.8 Å². The van der Waals surface area contributed by atoms with Gasteiger partial charge in [0.2, 0.25) is 12.0 Å². The van der Waals surface area contributed by atoms with Crippen molar-refractivity contribution in [2.75, 3.05) is 0 Å². The lowest BCUT2D eigenvalue weighted by Gasteiger charge is -2.14. The zero-order chi connectivity index (χ0) is 18.5. The van der Waals surface area contributed by atoms with Gasteiger partial charge in [-0.3, -0.25) is 4.79 Å². The zero-order valence-electron chi connectivity index (χ0n) is 14.6. The smallest absolute Gasteiger partial charge is 0.264 e. The van der Waals surface area contributed by atoms with E-state index in [1.165, 1.54) is 12.1 Å². The van der Waals surface area contributed by atoms with Crippen molar-refractivity contribution in [3.05, 3.63) is 59.5 Å². The molecule has 2 heterocycles. The molecule has 0 saturated heterocycles. The van der Waals surface area contributed by atoms with Gasteiger partial charge in [0.1, 0.15) is 5.82 Å². The minimum atomic E-state index is -0.737. The molecule has 3 rings (SSSR count). The Morgan fingerprint density at radius 1 is 1.38 bits per heavy atom. The Kier molecular flexibility index (Phi) is 5.46. The molecule has 1 N–H and O–H groups in total. The molecule has 0 bridgehead atoms. The third-order valence-corrected chi connectivity index (χ3v) is 3.77. The van der Waals surface area contributed by atoms with Gasteiger partial charge in [-0.25, -0.2) is 9.37 Å². The van der Waals surface area contributed by atoms with Gasteiger partial charge < -0.3 is 14.9 Å². The molecule has 136 valence electrons. The number of nitrogens with one attached hydrogen (secondary N) is 1. The molecule has 2 aromatic rings. The summed E-state index contributed by atoms with van der Waals surface area (Å²) < 4.78 is 19.0. The average Bonchev–Trinajstić information content (AvgIpc) is 3.10. The summed E-state index contributed by atoms with van der Waals surface area (Å²) in [6.07, 6.45) is 1.18. The van der Waals surface area contributed by atoms with E-state index in [4.69, 9.17) is 9.57 Å². The van der Waals surface area contributed by atoms with Crippen molar-refractivity contribution in [1.29, 1.82) is 0 Å². The summed E-state index contributed by atoms with van der Waals surface area (Å²) in [6, 6.07) is 9.68. The summed E-state index contributed by atoms with van der Waals surface area (Å²) >= 11 is 0. The molecule has 0 aliphatic carbocycles. The van der Waals surface area contributed by atoms with E-state index in [-0.39, 0.29) is 30.8 Å². The van der Waals surface area contributed by atoms with E-state index < -0.39 is 6.10 Å². The Balaban J connectivity index is 1.57. The Bertz CT molecular complexity index is 823. The Morgan fingerprint density at radius 2 is 2.23 bits per heavy atom. The van der Waals surface area contributed by atoms with Gasteiger partial charge in [-0.15, -0.1) is 0 Å². The van der Waals surface area contributed by atoms with Crippen LogP contribution in [0.4, 0.5) is 4.39 Å². The molecule has 1 aromatic carbocycles. The molecular formula is C19H20FN3O3. The number of nitrogens with zero attached hydrogens (tertiary/aromatic N) is 2. The number of pyridine rings is 1. The normalized spacial score (nSPS) is 16.2. The number of aromatic nitrogens is 1. The molecule has 0 saturated carbocycles. The quantitative estimate of drug-likeness (QED) is 0.863. The van der Waals surface area contributed by atoms with E-state index in [1.807, 2.05) is 19.9 Å². The fourth-order valence-electron chi connectivity index (χ4n) is 2.54. The van der Waals surface area contributed by atoms with Crippen LogP contribution in [0.5, 0.6) is 5.88 Å². The van der Waals surface area contributed by atoms with Crippen molar-refractivity contribution in [2.24, 2.45) is 5.16 Å². The molecule has 0 fully saturated rings. The van der Waals surface area contributed by atoms with Crippen LogP contribution >= 0.6 is 0 Å². The van der Waals surface area contributed by atoms with Gasteiger partial charge >= 0.3 is 0 Å². The summed E-state index contributed by atoms with van der Waals surface area (Å²) in [5, 5.41) is 6.72. The lowest BCUT2D eigenvalue weighted by molar-refractivity contribution is -0.131. The molecule has 0 spiro atoms. The first-order valence-electron chi connectivity index (χ1n) is 8.40. The van der Waals surface area contributed by atoms with Gasteiger partial charge in [0.25, 0.3) is 5.91 Å². The highest BCUT2D eigenvalue weighted by molar-refractivity contribution is 6.04. The van der Waals surface area contributed by atoms with Crippen LogP contribution in [0.3, 0.4) is 0 Å². The first-order chi connectivity index (χ1) is 12.5. The van der Waals surface area contributed by atoms with Crippen molar-refractivity contribution >= 4 is 11.6 Å². The van der Waals surface area contributed by atoms with Gasteiger partial charge in [-0.2, -0.15) is 0 Å². The highest BCUT2D eigenvalue weighted by Gasteiger charge is 2.29. The van der Waals surface area contributed by atoms with Crippen molar-refractivity contribution in [3.63, 3.8) is 0 Å². The van der Waals surface area contributed by atoms with E-state index in [0.29, 0.717) is 17.2 Å². The predicted molar refractivity (Wildman–Crippen MR) is 94.3 cm³/mol. The van der Waals surface area contributed by atoms with Crippen LogP contribution in [0, 0.1) is 5.82 Å². The van der Waals surface area contributed by atoms with Crippen LogP contribution in [-0.2, 0) is 16.2 Å². The highest BCUT2D eigenvalue weighted by Crippen LogP contribution is 2.19. The van der Waals surface area contributed by atoms with Gasteiger partial charge in [0.05, 0.1) is 11.8 Å². The van der Waals surface area contributed by atoms with Gasteiger partial charge in [-0.1, -0.05) is 23.4 Å². The fraction of sp³-hybridized carbons (Fsp3) is 0.316. The third-order valence-electron chi connectivity index (χ3n) is 3.77. The Labute approximate surface area is 151 Å². The maximum Gasteiger partial charge on any atom is 0.264 e. The molecule has 6 nitrogen and oxygen atoms in total. The third kappa shape index (κ3) is 4.36. The standard InChI is InChI=1S/C19H20FN3O3/c1-12(2)25-19-14(6-4-8-21-19)11-22-18(24)17-10-16(23-26-17)13-5-3-7-15(20)9-13/h3-9,12,17H,10-11H2,1-2H3,(H,22,24). The van der Waals surface area contributed by atoms with Crippen LogP contribution < -0.4 is 10.1 Å². The number of oxime groups is 1. The molecule has 1 aromatic heterocycles. The molecule has 1 unspecified atom stereocenters. The van der Waals surface area contributed by atoms with E-state index in [2.05, 4.69) is 15.5 Å². The minimum Gasteiger partial charge on any atom is -0.475 e. The Hall–Kier alpha value is -2.96. The molecule has 26 heavy (non-hydrogen) atoms.